The van der Waals surface area contributed by atoms with Gasteiger partial charge in [0, 0.05) is 56.7 Å². The summed E-state index contributed by atoms with van der Waals surface area (Å²) in [6.07, 6.45) is 4.05. The van der Waals surface area contributed by atoms with Gasteiger partial charge >= 0.3 is 0 Å². The maximum Gasteiger partial charge on any atom is 0.241 e. The van der Waals surface area contributed by atoms with Crippen LogP contribution in [0, 0.1) is 0 Å². The van der Waals surface area contributed by atoms with Crippen LogP contribution < -0.4 is 20.3 Å². The molecule has 0 radical (unpaired) electrons. The highest BCUT2D eigenvalue weighted by Gasteiger charge is 2.30. The molecule has 1 atom stereocenters. The van der Waals surface area contributed by atoms with Crippen molar-refractivity contribution in [1.82, 2.24) is 20.3 Å². The summed E-state index contributed by atoms with van der Waals surface area (Å²) < 4.78 is 30.0. The molecule has 0 unspecified atom stereocenters. The van der Waals surface area contributed by atoms with Crippen molar-refractivity contribution in [3.63, 3.8) is 0 Å². The molecule has 2 aromatic carbocycles. The molecular formula is C25H36N6O3S. The molecule has 3 N–H and O–H groups in total. The molecule has 2 aliphatic heterocycles. The number of guanidine groups is 1. The van der Waals surface area contributed by atoms with Gasteiger partial charge in [-0.05, 0) is 44.2 Å². The zero-order valence-electron chi connectivity index (χ0n) is 20.6. The second kappa shape index (κ2) is 11.3. The molecule has 2 aliphatic rings. The van der Waals surface area contributed by atoms with E-state index in [1.54, 1.807) is 17.0 Å². The van der Waals surface area contributed by atoms with Crippen LogP contribution >= 0.6 is 0 Å². The minimum atomic E-state index is -3.94. The Hall–Kier alpha value is -2.85. The highest BCUT2D eigenvalue weighted by molar-refractivity contribution is 7.89. The lowest BCUT2D eigenvalue weighted by atomic mass is 10.1. The molecule has 0 bridgehead atoms. The number of piperidine rings is 1. The molecule has 2 aromatic rings. The second-order valence-corrected chi connectivity index (χ2v) is 11.0. The minimum absolute atomic E-state index is 0.140. The number of benzene rings is 2. The summed E-state index contributed by atoms with van der Waals surface area (Å²) in [5.74, 6) is 0.621. The van der Waals surface area contributed by atoms with Crippen LogP contribution in [-0.2, 0) is 14.8 Å². The van der Waals surface area contributed by atoms with Gasteiger partial charge in [0.25, 0.3) is 0 Å². The largest absolute Gasteiger partial charge is 0.377 e. The number of anilines is 1. The molecule has 9 nitrogen and oxygen atoms in total. The second-order valence-electron chi connectivity index (χ2n) is 9.31. The van der Waals surface area contributed by atoms with Crippen molar-refractivity contribution in [3.05, 3.63) is 36.4 Å². The first kappa shape index (κ1) is 25.2. The first-order valence-corrected chi connectivity index (χ1v) is 13.9. The van der Waals surface area contributed by atoms with E-state index in [4.69, 9.17) is 0 Å². The first-order chi connectivity index (χ1) is 16.9. The highest BCUT2D eigenvalue weighted by atomic mass is 32.2. The van der Waals surface area contributed by atoms with Crippen molar-refractivity contribution in [2.75, 3.05) is 51.7 Å². The van der Waals surface area contributed by atoms with Crippen LogP contribution in [0.25, 0.3) is 10.8 Å². The molecule has 0 aromatic heterocycles. The van der Waals surface area contributed by atoms with E-state index in [1.165, 1.54) is 0 Å². The summed E-state index contributed by atoms with van der Waals surface area (Å²) in [7, 11) is -0.0720. The fraction of sp³-hybridized carbons (Fsp3) is 0.520. The summed E-state index contributed by atoms with van der Waals surface area (Å²) in [4.78, 5) is 21.7. The van der Waals surface area contributed by atoms with E-state index in [0.717, 1.165) is 49.4 Å². The quantitative estimate of drug-likeness (QED) is 0.454. The van der Waals surface area contributed by atoms with Crippen LogP contribution in [0.5, 0.6) is 0 Å². The molecule has 4 rings (SSSR count). The van der Waals surface area contributed by atoms with Gasteiger partial charge < -0.3 is 20.4 Å². The number of fused-ring (bicyclic) bond motifs is 1. The lowest BCUT2D eigenvalue weighted by molar-refractivity contribution is -0.134. The van der Waals surface area contributed by atoms with E-state index in [0.29, 0.717) is 37.9 Å². The van der Waals surface area contributed by atoms with E-state index >= 15 is 0 Å². The maximum atomic E-state index is 13.6. The molecule has 0 spiro atoms. The predicted molar refractivity (Wildman–Crippen MR) is 140 cm³/mol. The van der Waals surface area contributed by atoms with Gasteiger partial charge in [-0.25, -0.2) is 8.42 Å². The topological polar surface area (TPSA) is 106 Å². The Morgan fingerprint density at radius 3 is 2.57 bits per heavy atom. The Bertz CT molecular complexity index is 1170. The molecule has 35 heavy (non-hydrogen) atoms. The standard InChI is InChI=1S/C25H36N6O3S/c1-30(2)22-12-6-10-20-19(22)9-7-13-23(20)35(33,34)29-21(24(32)31-17-4-3-5-18-31)11-8-14-26-25-27-15-16-28-25/h6-7,9-10,12-13,21,29H,3-5,8,11,14-18H2,1-2H3,(H2,26,27,28)/t21-/m0/s1. The average molecular weight is 501 g/mol. The van der Waals surface area contributed by atoms with E-state index < -0.39 is 16.1 Å². The molecule has 2 heterocycles. The van der Waals surface area contributed by atoms with Gasteiger partial charge in [-0.2, -0.15) is 4.72 Å². The summed E-state index contributed by atoms with van der Waals surface area (Å²) in [6, 6.07) is 10.1. The fourth-order valence-corrected chi connectivity index (χ4v) is 6.18. The third-order valence-corrected chi connectivity index (χ3v) is 8.06. The van der Waals surface area contributed by atoms with Crippen LogP contribution in [0.3, 0.4) is 0 Å². The number of nitrogens with zero attached hydrogens (tertiary/aromatic N) is 3. The zero-order valence-corrected chi connectivity index (χ0v) is 21.4. The zero-order chi connectivity index (χ0) is 24.8. The Balaban J connectivity index is 1.55. The van der Waals surface area contributed by atoms with Gasteiger partial charge in [-0.3, -0.25) is 9.79 Å². The normalized spacial score (nSPS) is 17.1. The summed E-state index contributed by atoms with van der Waals surface area (Å²) >= 11 is 0. The van der Waals surface area contributed by atoms with Gasteiger partial charge in [0.15, 0.2) is 5.96 Å². The first-order valence-electron chi connectivity index (χ1n) is 12.4. The molecule has 1 fully saturated rings. The molecule has 0 saturated carbocycles. The number of sulfonamides is 1. The predicted octanol–water partition coefficient (Wildman–Crippen LogP) is 1.89. The molecule has 190 valence electrons. The van der Waals surface area contributed by atoms with Gasteiger partial charge in [-0.15, -0.1) is 0 Å². The molecule has 0 aliphatic carbocycles. The number of carbonyl (C=O) groups excluding carboxylic acids is 1. The summed E-state index contributed by atoms with van der Waals surface area (Å²) in [6.45, 7) is 3.53. The smallest absolute Gasteiger partial charge is 0.241 e. The SMILES string of the molecule is CN(C)c1cccc2c(S(=O)(=O)N[C@@H](CCCNC3=NCCN3)C(=O)N3CCCCC3)cccc12. The van der Waals surface area contributed by atoms with Crippen molar-refractivity contribution in [2.24, 2.45) is 4.99 Å². The number of rotatable bonds is 9. The van der Waals surface area contributed by atoms with Crippen molar-refractivity contribution in [3.8, 4) is 0 Å². The summed E-state index contributed by atoms with van der Waals surface area (Å²) in [5.41, 5.74) is 0.940. The van der Waals surface area contributed by atoms with Crippen LogP contribution in [0.15, 0.2) is 46.3 Å². The monoisotopic (exact) mass is 500 g/mol. The van der Waals surface area contributed by atoms with Gasteiger partial charge in [-0.1, -0.05) is 24.3 Å². The van der Waals surface area contributed by atoms with E-state index in [-0.39, 0.29) is 10.8 Å². The molecular weight excluding hydrogens is 464 g/mol. The summed E-state index contributed by atoms with van der Waals surface area (Å²) in [5, 5.41) is 7.88. The minimum Gasteiger partial charge on any atom is -0.377 e. The van der Waals surface area contributed by atoms with Gasteiger partial charge in [0.1, 0.15) is 6.04 Å². The number of nitrogens with one attached hydrogen (secondary N) is 3. The van der Waals surface area contributed by atoms with Gasteiger partial charge in [0.2, 0.25) is 15.9 Å². The third kappa shape index (κ3) is 6.05. The molecule has 1 saturated heterocycles. The molecule has 1 amide bonds. The van der Waals surface area contributed by atoms with Crippen LogP contribution in [0.2, 0.25) is 0 Å². The fourth-order valence-electron chi connectivity index (χ4n) is 4.74. The van der Waals surface area contributed by atoms with Crippen molar-refractivity contribution < 1.29 is 13.2 Å². The van der Waals surface area contributed by atoms with Crippen LogP contribution in [0.1, 0.15) is 32.1 Å². The lowest BCUT2D eigenvalue weighted by Crippen LogP contribution is -2.50. The Kier molecular flexibility index (Phi) is 8.12. The number of hydrogen-bond acceptors (Lipinski definition) is 7. The Morgan fingerprint density at radius 1 is 1.11 bits per heavy atom. The third-order valence-electron chi connectivity index (χ3n) is 6.53. The number of hydrogen-bond donors (Lipinski definition) is 3. The number of aliphatic imine (C=N–C) groups is 1. The number of likely N-dealkylation sites (tertiary alicyclic amines) is 1. The number of amides is 1. The Labute approximate surface area is 208 Å². The lowest BCUT2D eigenvalue weighted by Gasteiger charge is -2.31. The highest BCUT2D eigenvalue weighted by Crippen LogP contribution is 2.30. The number of carbonyl (C=O) groups is 1. The molecule has 10 heteroatoms. The van der Waals surface area contributed by atoms with E-state index in [9.17, 15) is 13.2 Å². The van der Waals surface area contributed by atoms with Crippen LogP contribution in [-0.4, -0.2) is 78.0 Å². The van der Waals surface area contributed by atoms with E-state index in [1.807, 2.05) is 43.3 Å². The Morgan fingerprint density at radius 2 is 1.86 bits per heavy atom. The maximum absolute atomic E-state index is 13.6. The average Bonchev–Trinajstić information content (AvgIpc) is 3.38. The van der Waals surface area contributed by atoms with E-state index in [2.05, 4.69) is 20.3 Å². The van der Waals surface area contributed by atoms with Crippen molar-refractivity contribution in [1.29, 1.82) is 0 Å². The van der Waals surface area contributed by atoms with Crippen molar-refractivity contribution in [2.45, 2.75) is 43.0 Å². The van der Waals surface area contributed by atoms with Gasteiger partial charge in [0.05, 0.1) is 11.4 Å². The van der Waals surface area contributed by atoms with Crippen LogP contribution in [0.4, 0.5) is 5.69 Å². The van der Waals surface area contributed by atoms with Crippen molar-refractivity contribution >= 4 is 38.3 Å².